The van der Waals surface area contributed by atoms with Gasteiger partial charge in [-0.2, -0.15) is 0 Å². The molecule has 2 aromatic rings. The van der Waals surface area contributed by atoms with Crippen molar-refractivity contribution in [1.29, 1.82) is 0 Å². The lowest BCUT2D eigenvalue weighted by Crippen LogP contribution is -2.36. The molecular weight excluding hydrogens is 200 g/mol. The van der Waals surface area contributed by atoms with E-state index in [4.69, 9.17) is 16.2 Å². The predicted octanol–water partition coefficient (Wildman–Crippen LogP) is 1.93. The highest BCUT2D eigenvalue weighted by Gasteiger charge is 2.06. The summed E-state index contributed by atoms with van der Waals surface area (Å²) in [6.07, 6.45) is -0.801. The zero-order valence-corrected chi connectivity index (χ0v) is 8.84. The molecule has 0 aromatic heterocycles. The number of rotatable bonds is 3. The van der Waals surface area contributed by atoms with Gasteiger partial charge in [0.1, 0.15) is 5.75 Å². The second-order valence-corrected chi connectivity index (χ2v) is 3.44. The molecule has 0 amide bonds. The monoisotopic (exact) mass is 214 g/mol. The summed E-state index contributed by atoms with van der Waals surface area (Å²) in [4.78, 5) is 0. The molecule has 0 unspecified atom stereocenters. The van der Waals surface area contributed by atoms with Crippen LogP contribution < -0.4 is 16.2 Å². The number of benzene rings is 2. The molecule has 82 valence electrons. The third-order valence-corrected chi connectivity index (χ3v) is 2.23. The van der Waals surface area contributed by atoms with Crippen LogP contribution in [0.25, 0.3) is 11.1 Å². The van der Waals surface area contributed by atoms with Gasteiger partial charge in [0.05, 0.1) is 0 Å². The summed E-state index contributed by atoms with van der Waals surface area (Å²) < 4.78 is 5.36. The topological polar surface area (TPSA) is 61.3 Å². The second kappa shape index (κ2) is 4.79. The number of hydrogen-bond donors (Lipinski definition) is 2. The normalized spacial score (nSPS) is 10.4. The highest BCUT2D eigenvalue weighted by molar-refractivity contribution is 5.70. The largest absolute Gasteiger partial charge is 0.462 e. The van der Waals surface area contributed by atoms with E-state index in [2.05, 4.69) is 0 Å². The predicted molar refractivity (Wildman–Crippen MR) is 64.7 cm³/mol. The molecule has 3 nitrogen and oxygen atoms in total. The second-order valence-electron chi connectivity index (χ2n) is 3.44. The van der Waals surface area contributed by atoms with Gasteiger partial charge in [-0.25, -0.2) is 0 Å². The fourth-order valence-electron chi connectivity index (χ4n) is 1.57. The van der Waals surface area contributed by atoms with Crippen molar-refractivity contribution in [3.05, 3.63) is 54.6 Å². The summed E-state index contributed by atoms with van der Waals surface area (Å²) in [5, 5.41) is 0. The van der Waals surface area contributed by atoms with Gasteiger partial charge in [-0.1, -0.05) is 48.5 Å². The van der Waals surface area contributed by atoms with E-state index in [9.17, 15) is 0 Å². The van der Waals surface area contributed by atoms with Crippen LogP contribution in [0.2, 0.25) is 0 Å². The average molecular weight is 214 g/mol. The molecule has 0 aliphatic rings. The van der Waals surface area contributed by atoms with Gasteiger partial charge in [-0.15, -0.1) is 0 Å². The lowest BCUT2D eigenvalue weighted by atomic mass is 10.1. The van der Waals surface area contributed by atoms with Crippen molar-refractivity contribution in [3.63, 3.8) is 0 Å². The maximum atomic E-state index is 5.43. The number of ether oxygens (including phenoxy) is 1. The van der Waals surface area contributed by atoms with Gasteiger partial charge in [0.2, 0.25) is 6.35 Å². The summed E-state index contributed by atoms with van der Waals surface area (Å²) in [7, 11) is 0. The summed E-state index contributed by atoms with van der Waals surface area (Å²) in [5.41, 5.74) is 12.9. The molecule has 0 radical (unpaired) electrons. The molecule has 0 spiro atoms. The third-order valence-electron chi connectivity index (χ3n) is 2.23. The Bertz CT molecular complexity index is 454. The average Bonchev–Trinajstić information content (AvgIpc) is 2.30. The maximum absolute atomic E-state index is 5.43. The molecule has 2 rings (SSSR count). The van der Waals surface area contributed by atoms with Crippen molar-refractivity contribution in [1.82, 2.24) is 0 Å². The molecular formula is C13H14N2O. The molecule has 0 aliphatic carbocycles. The molecule has 0 saturated heterocycles. The minimum Gasteiger partial charge on any atom is -0.462 e. The molecule has 0 fully saturated rings. The van der Waals surface area contributed by atoms with Gasteiger partial charge in [-0.3, -0.25) is 11.5 Å². The molecule has 16 heavy (non-hydrogen) atoms. The summed E-state index contributed by atoms with van der Waals surface area (Å²) in [5.74, 6) is 0.698. The maximum Gasteiger partial charge on any atom is 0.202 e. The third kappa shape index (κ3) is 2.39. The Labute approximate surface area is 94.6 Å². The minimum atomic E-state index is -0.801. The minimum absolute atomic E-state index is 0.698. The fourth-order valence-corrected chi connectivity index (χ4v) is 1.57. The van der Waals surface area contributed by atoms with Crippen LogP contribution in [0.3, 0.4) is 0 Å². The highest BCUT2D eigenvalue weighted by Crippen LogP contribution is 2.29. The molecule has 0 heterocycles. The first-order valence-electron chi connectivity index (χ1n) is 5.09. The first-order chi connectivity index (χ1) is 7.77. The first kappa shape index (κ1) is 10.7. The van der Waals surface area contributed by atoms with Gasteiger partial charge >= 0.3 is 0 Å². The Morgan fingerprint density at radius 2 is 1.44 bits per heavy atom. The van der Waals surface area contributed by atoms with Crippen molar-refractivity contribution < 1.29 is 4.74 Å². The van der Waals surface area contributed by atoms with Crippen molar-refractivity contribution in [2.24, 2.45) is 11.5 Å². The number of hydrogen-bond acceptors (Lipinski definition) is 3. The Morgan fingerprint density at radius 1 is 0.812 bits per heavy atom. The van der Waals surface area contributed by atoms with Crippen molar-refractivity contribution >= 4 is 0 Å². The van der Waals surface area contributed by atoms with Crippen LogP contribution in [0.5, 0.6) is 5.75 Å². The van der Waals surface area contributed by atoms with Gasteiger partial charge in [-0.05, 0) is 11.6 Å². The zero-order valence-electron chi connectivity index (χ0n) is 8.84. The Balaban J connectivity index is 2.41. The molecule has 2 aromatic carbocycles. The molecule has 4 N–H and O–H groups in total. The molecule has 0 aliphatic heterocycles. The SMILES string of the molecule is NC(N)Oc1ccccc1-c1ccccc1. The zero-order chi connectivity index (χ0) is 11.4. The van der Waals surface area contributed by atoms with E-state index in [1.807, 2.05) is 54.6 Å². The summed E-state index contributed by atoms with van der Waals surface area (Å²) in [6, 6.07) is 17.7. The van der Waals surface area contributed by atoms with E-state index >= 15 is 0 Å². The van der Waals surface area contributed by atoms with Crippen LogP contribution in [0.4, 0.5) is 0 Å². The smallest absolute Gasteiger partial charge is 0.202 e. The van der Waals surface area contributed by atoms with E-state index in [1.54, 1.807) is 0 Å². The Kier molecular flexibility index (Phi) is 3.19. The lowest BCUT2D eigenvalue weighted by molar-refractivity contribution is 0.218. The van der Waals surface area contributed by atoms with Gasteiger partial charge in [0.25, 0.3) is 0 Å². The van der Waals surface area contributed by atoms with Gasteiger partial charge in [0.15, 0.2) is 0 Å². The van der Waals surface area contributed by atoms with Crippen LogP contribution in [-0.2, 0) is 0 Å². The molecule has 0 bridgehead atoms. The van der Waals surface area contributed by atoms with E-state index in [0.717, 1.165) is 11.1 Å². The van der Waals surface area contributed by atoms with Crippen molar-refractivity contribution in [2.45, 2.75) is 6.35 Å². The van der Waals surface area contributed by atoms with Crippen LogP contribution in [0, 0.1) is 0 Å². The fraction of sp³-hybridized carbons (Fsp3) is 0.0769. The van der Waals surface area contributed by atoms with E-state index < -0.39 is 6.35 Å². The summed E-state index contributed by atoms with van der Waals surface area (Å²) >= 11 is 0. The van der Waals surface area contributed by atoms with Gasteiger partial charge < -0.3 is 4.74 Å². The standard InChI is InChI=1S/C13H14N2O/c14-13(15)16-12-9-5-4-8-11(12)10-6-2-1-3-7-10/h1-9,13H,14-15H2. The van der Waals surface area contributed by atoms with Crippen LogP contribution >= 0.6 is 0 Å². The first-order valence-corrected chi connectivity index (χ1v) is 5.09. The number of nitrogens with two attached hydrogens (primary N) is 2. The van der Waals surface area contributed by atoms with Gasteiger partial charge in [0, 0.05) is 5.56 Å². The Hall–Kier alpha value is -1.84. The van der Waals surface area contributed by atoms with E-state index in [0.29, 0.717) is 5.75 Å². The molecule has 0 saturated carbocycles. The lowest BCUT2D eigenvalue weighted by Gasteiger charge is -2.13. The van der Waals surface area contributed by atoms with Crippen LogP contribution in [-0.4, -0.2) is 6.35 Å². The quantitative estimate of drug-likeness (QED) is 0.767. The molecule has 0 atom stereocenters. The molecule has 3 heteroatoms. The summed E-state index contributed by atoms with van der Waals surface area (Å²) in [6.45, 7) is 0. The van der Waals surface area contributed by atoms with Crippen LogP contribution in [0.1, 0.15) is 0 Å². The van der Waals surface area contributed by atoms with Crippen molar-refractivity contribution in [2.75, 3.05) is 0 Å². The van der Waals surface area contributed by atoms with E-state index in [-0.39, 0.29) is 0 Å². The van der Waals surface area contributed by atoms with Crippen LogP contribution in [0.15, 0.2) is 54.6 Å². The number of para-hydroxylation sites is 1. The van der Waals surface area contributed by atoms with E-state index in [1.165, 1.54) is 0 Å². The highest BCUT2D eigenvalue weighted by atomic mass is 16.5. The van der Waals surface area contributed by atoms with Crippen molar-refractivity contribution in [3.8, 4) is 16.9 Å². The Morgan fingerprint density at radius 3 is 2.12 bits per heavy atom.